The Morgan fingerprint density at radius 2 is 1.75 bits per heavy atom. The van der Waals surface area contributed by atoms with Gasteiger partial charge in [-0.05, 0) is 52.0 Å². The highest BCUT2D eigenvalue weighted by atomic mass is 32.1. The van der Waals surface area contributed by atoms with Gasteiger partial charge in [0.2, 0.25) is 0 Å². The molecule has 1 heterocycles. The molecule has 0 unspecified atom stereocenters. The fourth-order valence-electron chi connectivity index (χ4n) is 2.51. The number of carbonyl (C=O) groups excluding carboxylic acids is 1. The summed E-state index contributed by atoms with van der Waals surface area (Å²) in [5.41, 5.74) is 0.449. The summed E-state index contributed by atoms with van der Waals surface area (Å²) in [5.74, 6) is -0.0357. The second kappa shape index (κ2) is 10.8. The number of thiophene rings is 1. The molecule has 0 saturated heterocycles. The lowest BCUT2D eigenvalue weighted by atomic mass is 10.0. The molecule has 5 nitrogen and oxygen atoms in total. The van der Waals surface area contributed by atoms with E-state index in [0.29, 0.717) is 49.2 Å². The minimum absolute atomic E-state index is 0.0778. The quantitative estimate of drug-likeness (QED) is 0.334. The average Bonchev–Trinajstić information content (AvgIpc) is 3.06. The SMILES string of the molecule is CCO[Si](CCCC(C(C)=O)=C(O)c1cccs1)(OCC)OCC. The molecule has 1 aromatic rings. The Hall–Kier alpha value is -0.993. The lowest BCUT2D eigenvalue weighted by Gasteiger charge is -2.28. The standard InChI is InChI=1S/C17H28O5SSi/c1-5-20-24(21-6-2,22-7-3)13-9-10-15(14(4)18)17(19)16-11-8-12-23-16/h8,11-12,19H,5-7,9-10,13H2,1-4H3. The molecule has 0 aromatic carbocycles. The summed E-state index contributed by atoms with van der Waals surface area (Å²) >= 11 is 1.41. The number of Topliss-reactive ketones (excluding diaryl/α,β-unsaturated/α-hetero) is 1. The molecule has 0 bridgehead atoms. The maximum Gasteiger partial charge on any atom is 0.500 e. The number of aliphatic hydroxyl groups excluding tert-OH is 1. The highest BCUT2D eigenvalue weighted by Crippen LogP contribution is 2.27. The number of carbonyl (C=O) groups is 1. The van der Waals surface area contributed by atoms with Gasteiger partial charge in [0.1, 0.15) is 5.76 Å². The number of hydrogen-bond donors (Lipinski definition) is 1. The highest BCUT2D eigenvalue weighted by Gasteiger charge is 2.39. The molecule has 1 N–H and O–H groups in total. The van der Waals surface area contributed by atoms with Crippen LogP contribution in [0, 0.1) is 0 Å². The van der Waals surface area contributed by atoms with Crippen molar-refractivity contribution in [1.29, 1.82) is 0 Å². The van der Waals surface area contributed by atoms with Crippen LogP contribution < -0.4 is 0 Å². The number of aliphatic hydroxyl groups is 1. The molecule has 0 amide bonds. The van der Waals surface area contributed by atoms with Gasteiger partial charge in [0.15, 0.2) is 5.78 Å². The smallest absolute Gasteiger partial charge is 0.500 e. The highest BCUT2D eigenvalue weighted by molar-refractivity contribution is 7.11. The van der Waals surface area contributed by atoms with Crippen molar-refractivity contribution in [1.82, 2.24) is 0 Å². The van der Waals surface area contributed by atoms with E-state index in [1.807, 2.05) is 38.3 Å². The minimum Gasteiger partial charge on any atom is -0.506 e. The van der Waals surface area contributed by atoms with Gasteiger partial charge in [-0.15, -0.1) is 11.3 Å². The van der Waals surface area contributed by atoms with Gasteiger partial charge in [-0.25, -0.2) is 0 Å². The number of hydrogen-bond acceptors (Lipinski definition) is 6. The van der Waals surface area contributed by atoms with Crippen LogP contribution in [0.1, 0.15) is 45.4 Å². The zero-order valence-electron chi connectivity index (χ0n) is 15.0. The van der Waals surface area contributed by atoms with Crippen molar-refractivity contribution in [2.24, 2.45) is 0 Å². The normalized spacial score (nSPS) is 13.0. The third-order valence-corrected chi connectivity index (χ3v) is 7.50. The maximum absolute atomic E-state index is 11.9. The summed E-state index contributed by atoms with van der Waals surface area (Å²) in [6.45, 7) is 8.83. The zero-order valence-corrected chi connectivity index (χ0v) is 16.8. The molecular formula is C17H28O5SSi. The van der Waals surface area contributed by atoms with Gasteiger partial charge in [-0.3, -0.25) is 4.79 Å². The van der Waals surface area contributed by atoms with E-state index in [2.05, 4.69) is 0 Å². The van der Waals surface area contributed by atoms with Crippen LogP contribution in [0.2, 0.25) is 6.04 Å². The lowest BCUT2D eigenvalue weighted by molar-refractivity contribution is -0.113. The number of ketones is 1. The first-order chi connectivity index (χ1) is 11.5. The van der Waals surface area contributed by atoms with Crippen LogP contribution in [0.5, 0.6) is 0 Å². The van der Waals surface area contributed by atoms with E-state index in [4.69, 9.17) is 13.3 Å². The predicted molar refractivity (Wildman–Crippen MR) is 99.2 cm³/mol. The van der Waals surface area contributed by atoms with E-state index in [-0.39, 0.29) is 11.5 Å². The Labute approximate surface area is 149 Å². The van der Waals surface area contributed by atoms with Crippen LogP contribution in [0.15, 0.2) is 23.1 Å². The largest absolute Gasteiger partial charge is 0.506 e. The fraction of sp³-hybridized carbons (Fsp3) is 0.588. The van der Waals surface area contributed by atoms with Crippen molar-refractivity contribution >= 4 is 31.7 Å². The molecule has 0 spiro atoms. The molecule has 24 heavy (non-hydrogen) atoms. The van der Waals surface area contributed by atoms with Crippen molar-refractivity contribution in [3.05, 3.63) is 28.0 Å². The van der Waals surface area contributed by atoms with Crippen LogP contribution in [0.25, 0.3) is 5.76 Å². The molecule has 0 radical (unpaired) electrons. The summed E-state index contributed by atoms with van der Waals surface area (Å²) in [5, 5.41) is 12.2. The van der Waals surface area contributed by atoms with Crippen LogP contribution in [0.4, 0.5) is 0 Å². The van der Waals surface area contributed by atoms with E-state index < -0.39 is 8.80 Å². The Morgan fingerprint density at radius 1 is 1.17 bits per heavy atom. The van der Waals surface area contributed by atoms with Crippen LogP contribution >= 0.6 is 11.3 Å². The maximum atomic E-state index is 11.9. The molecule has 1 rings (SSSR count). The molecule has 0 aliphatic heterocycles. The van der Waals surface area contributed by atoms with E-state index in [0.717, 1.165) is 0 Å². The topological polar surface area (TPSA) is 65.0 Å². The van der Waals surface area contributed by atoms with Gasteiger partial charge in [0.25, 0.3) is 0 Å². The van der Waals surface area contributed by atoms with E-state index in [1.165, 1.54) is 18.3 Å². The van der Waals surface area contributed by atoms with Crippen LogP contribution in [-0.2, 0) is 18.1 Å². The number of rotatable bonds is 12. The van der Waals surface area contributed by atoms with Crippen molar-refractivity contribution in [2.75, 3.05) is 19.8 Å². The molecular weight excluding hydrogens is 344 g/mol. The summed E-state index contributed by atoms with van der Waals surface area (Å²) in [6.07, 6.45) is 1.14. The molecule has 0 aliphatic carbocycles. The van der Waals surface area contributed by atoms with E-state index >= 15 is 0 Å². The second-order valence-electron chi connectivity index (χ2n) is 5.20. The van der Waals surface area contributed by atoms with Gasteiger partial charge in [-0.1, -0.05) is 6.07 Å². The third kappa shape index (κ3) is 6.14. The van der Waals surface area contributed by atoms with Crippen LogP contribution in [-0.4, -0.2) is 39.5 Å². The monoisotopic (exact) mass is 372 g/mol. The summed E-state index contributed by atoms with van der Waals surface area (Å²) in [7, 11) is -2.71. The first-order valence-electron chi connectivity index (χ1n) is 8.38. The summed E-state index contributed by atoms with van der Waals surface area (Å²) in [6, 6.07) is 4.28. The van der Waals surface area contributed by atoms with Crippen LogP contribution in [0.3, 0.4) is 0 Å². The molecule has 0 saturated carbocycles. The first-order valence-corrected chi connectivity index (χ1v) is 11.2. The molecule has 7 heteroatoms. The van der Waals surface area contributed by atoms with Gasteiger partial charge >= 0.3 is 8.80 Å². The second-order valence-corrected chi connectivity index (χ2v) is 8.88. The van der Waals surface area contributed by atoms with Crippen molar-refractivity contribution < 1.29 is 23.2 Å². The molecule has 0 aliphatic rings. The van der Waals surface area contributed by atoms with Gasteiger partial charge in [0, 0.05) is 31.4 Å². The molecule has 0 fully saturated rings. The average molecular weight is 373 g/mol. The van der Waals surface area contributed by atoms with Gasteiger partial charge in [-0.2, -0.15) is 0 Å². The van der Waals surface area contributed by atoms with Crippen molar-refractivity contribution in [3.8, 4) is 0 Å². The number of allylic oxidation sites excluding steroid dienone is 1. The first kappa shape index (κ1) is 21.1. The Kier molecular flexibility index (Phi) is 9.46. The fourth-order valence-corrected chi connectivity index (χ4v) is 5.81. The van der Waals surface area contributed by atoms with E-state index in [9.17, 15) is 9.90 Å². The van der Waals surface area contributed by atoms with Crippen molar-refractivity contribution in [2.45, 2.75) is 46.6 Å². The van der Waals surface area contributed by atoms with Crippen molar-refractivity contribution in [3.63, 3.8) is 0 Å². The third-order valence-electron chi connectivity index (χ3n) is 3.47. The molecule has 1 aromatic heterocycles. The Balaban J connectivity index is 2.82. The minimum atomic E-state index is -2.71. The van der Waals surface area contributed by atoms with Gasteiger partial charge < -0.3 is 18.4 Å². The summed E-state index contributed by atoms with van der Waals surface area (Å²) < 4.78 is 17.5. The lowest BCUT2D eigenvalue weighted by Crippen LogP contribution is -2.45. The van der Waals surface area contributed by atoms with E-state index in [1.54, 1.807) is 0 Å². The van der Waals surface area contributed by atoms with Gasteiger partial charge in [0.05, 0.1) is 4.88 Å². The summed E-state index contributed by atoms with van der Waals surface area (Å²) in [4.78, 5) is 12.6. The zero-order chi connectivity index (χ0) is 18.0. The molecule has 0 atom stereocenters. The molecule has 136 valence electrons. The Morgan fingerprint density at radius 3 is 2.17 bits per heavy atom. The Bertz CT molecular complexity index is 510. The predicted octanol–water partition coefficient (Wildman–Crippen LogP) is 4.43.